The molecule has 10 heteroatoms. The number of rotatable bonds is 4. The van der Waals surface area contributed by atoms with Crippen LogP contribution in [0, 0.1) is 0 Å². The molecular weight excluding hydrogens is 321 g/mol. The Morgan fingerprint density at radius 2 is 1.94 bits per heavy atom. The molecule has 0 aromatic rings. The summed E-state index contributed by atoms with van der Waals surface area (Å²) in [4.78, 5) is 9.83. The standard InChI is InChI=1S/C6H8BrF3O5S/c1-3(7)5(11)15-4(6(8,9)10)2-16(12,13)14/h3-4H,2H2,1H3,(H,12,13,14). The summed E-state index contributed by atoms with van der Waals surface area (Å²) >= 11 is 2.66. The summed E-state index contributed by atoms with van der Waals surface area (Å²) in [6.07, 6.45) is -7.94. The van der Waals surface area contributed by atoms with E-state index in [1.54, 1.807) is 0 Å². The molecule has 0 aliphatic heterocycles. The van der Waals surface area contributed by atoms with Gasteiger partial charge in [0.1, 0.15) is 10.6 Å². The van der Waals surface area contributed by atoms with Crippen molar-refractivity contribution in [2.24, 2.45) is 0 Å². The first-order valence-electron chi connectivity index (χ1n) is 3.80. The smallest absolute Gasteiger partial charge is 0.426 e. The van der Waals surface area contributed by atoms with E-state index in [0.29, 0.717) is 0 Å². The lowest BCUT2D eigenvalue weighted by Crippen LogP contribution is -2.40. The van der Waals surface area contributed by atoms with Crippen molar-refractivity contribution in [2.45, 2.75) is 24.0 Å². The van der Waals surface area contributed by atoms with Gasteiger partial charge < -0.3 is 4.74 Å². The minimum Gasteiger partial charge on any atom is -0.451 e. The van der Waals surface area contributed by atoms with Crippen LogP contribution in [0.15, 0.2) is 0 Å². The van der Waals surface area contributed by atoms with Gasteiger partial charge >= 0.3 is 12.1 Å². The predicted octanol–water partition coefficient (Wildman–Crippen LogP) is 1.13. The molecule has 0 aromatic carbocycles. The molecule has 96 valence electrons. The fraction of sp³-hybridized carbons (Fsp3) is 0.833. The molecule has 1 N–H and O–H groups in total. The van der Waals surface area contributed by atoms with Gasteiger partial charge in [-0.15, -0.1) is 0 Å². The second-order valence-electron chi connectivity index (χ2n) is 2.83. The quantitative estimate of drug-likeness (QED) is 0.475. The van der Waals surface area contributed by atoms with Crippen molar-refractivity contribution in [1.29, 1.82) is 0 Å². The summed E-state index contributed by atoms with van der Waals surface area (Å²) in [5.74, 6) is -2.99. The van der Waals surface area contributed by atoms with Crippen LogP contribution in [0.3, 0.4) is 0 Å². The molecule has 0 heterocycles. The number of carbonyl (C=O) groups is 1. The van der Waals surface area contributed by atoms with Gasteiger partial charge in [0.25, 0.3) is 10.1 Å². The van der Waals surface area contributed by atoms with E-state index in [0.717, 1.165) is 0 Å². The maximum absolute atomic E-state index is 12.2. The Hall–Kier alpha value is -0.350. The van der Waals surface area contributed by atoms with E-state index in [-0.39, 0.29) is 0 Å². The molecule has 16 heavy (non-hydrogen) atoms. The van der Waals surface area contributed by atoms with Crippen LogP contribution in [0.1, 0.15) is 6.92 Å². The van der Waals surface area contributed by atoms with Gasteiger partial charge in [-0.25, -0.2) is 0 Å². The molecule has 0 aliphatic rings. The summed E-state index contributed by atoms with van der Waals surface area (Å²) in [7, 11) is -4.89. The number of carbonyl (C=O) groups excluding carboxylic acids is 1. The van der Waals surface area contributed by atoms with Crippen LogP contribution in [-0.4, -0.2) is 41.8 Å². The molecule has 2 atom stereocenters. The fourth-order valence-corrected chi connectivity index (χ4v) is 1.37. The number of hydrogen-bond acceptors (Lipinski definition) is 4. The minimum absolute atomic E-state index is 1.02. The summed E-state index contributed by atoms with van der Waals surface area (Å²) in [6.45, 7) is 1.21. The molecule has 0 saturated heterocycles. The zero-order chi connectivity index (χ0) is 13.1. The predicted molar refractivity (Wildman–Crippen MR) is 50.7 cm³/mol. The molecule has 0 spiro atoms. The first kappa shape index (κ1) is 15.7. The van der Waals surface area contributed by atoms with E-state index in [9.17, 15) is 26.4 Å². The highest BCUT2D eigenvalue weighted by molar-refractivity contribution is 9.10. The Morgan fingerprint density at radius 1 is 1.50 bits per heavy atom. The van der Waals surface area contributed by atoms with E-state index >= 15 is 0 Å². The average Bonchev–Trinajstić information content (AvgIpc) is 1.98. The Morgan fingerprint density at radius 3 is 2.19 bits per heavy atom. The van der Waals surface area contributed by atoms with E-state index in [2.05, 4.69) is 20.7 Å². The van der Waals surface area contributed by atoms with Crippen molar-refractivity contribution < 1.29 is 35.7 Å². The molecule has 0 aliphatic carbocycles. The van der Waals surface area contributed by atoms with Crippen LogP contribution in [0.5, 0.6) is 0 Å². The van der Waals surface area contributed by atoms with Crippen molar-refractivity contribution in [3.05, 3.63) is 0 Å². The minimum atomic E-state index is -5.06. The number of esters is 1. The molecule has 2 unspecified atom stereocenters. The number of halogens is 4. The zero-order valence-corrected chi connectivity index (χ0v) is 10.3. The molecule has 0 saturated carbocycles. The van der Waals surface area contributed by atoms with E-state index in [4.69, 9.17) is 4.55 Å². The van der Waals surface area contributed by atoms with Crippen molar-refractivity contribution in [1.82, 2.24) is 0 Å². The molecule has 0 amide bonds. The van der Waals surface area contributed by atoms with Crippen molar-refractivity contribution in [3.63, 3.8) is 0 Å². The van der Waals surface area contributed by atoms with Crippen LogP contribution >= 0.6 is 15.9 Å². The maximum atomic E-state index is 12.2. The Kier molecular flexibility index (Phi) is 5.20. The SMILES string of the molecule is CC(Br)C(=O)OC(CS(=O)(=O)O)C(F)(F)F. The van der Waals surface area contributed by atoms with Gasteiger partial charge in [0, 0.05) is 0 Å². The van der Waals surface area contributed by atoms with Gasteiger partial charge in [0.05, 0.1) is 0 Å². The van der Waals surface area contributed by atoms with Gasteiger partial charge in [-0.3, -0.25) is 9.35 Å². The van der Waals surface area contributed by atoms with Gasteiger partial charge in [-0.1, -0.05) is 15.9 Å². The lowest BCUT2D eigenvalue weighted by molar-refractivity contribution is -0.214. The molecule has 5 nitrogen and oxygen atoms in total. The first-order valence-corrected chi connectivity index (χ1v) is 6.32. The molecule has 0 bridgehead atoms. The lowest BCUT2D eigenvalue weighted by Gasteiger charge is -2.19. The van der Waals surface area contributed by atoms with Gasteiger partial charge in [-0.05, 0) is 6.92 Å². The number of ether oxygens (including phenoxy) is 1. The first-order chi connectivity index (χ1) is 6.93. The fourth-order valence-electron chi connectivity index (χ4n) is 0.621. The van der Waals surface area contributed by atoms with Gasteiger partial charge in [0.2, 0.25) is 6.10 Å². The summed E-state index contributed by atoms with van der Waals surface area (Å²) in [6, 6.07) is 0. The van der Waals surface area contributed by atoms with Crippen LogP contribution in [0.2, 0.25) is 0 Å². The molecular formula is C6H8BrF3O5S. The number of alkyl halides is 4. The summed E-state index contributed by atoms with van der Waals surface area (Å²) in [5.41, 5.74) is 0. The van der Waals surface area contributed by atoms with Gasteiger partial charge in [0.15, 0.2) is 0 Å². The van der Waals surface area contributed by atoms with Crippen LogP contribution < -0.4 is 0 Å². The highest BCUT2D eigenvalue weighted by Gasteiger charge is 2.45. The topological polar surface area (TPSA) is 80.7 Å². The molecule has 0 rings (SSSR count). The Balaban J connectivity index is 4.78. The molecule has 0 radical (unpaired) electrons. The summed E-state index contributed by atoms with van der Waals surface area (Å²) < 4.78 is 69.4. The van der Waals surface area contributed by atoms with Gasteiger partial charge in [-0.2, -0.15) is 21.6 Å². The highest BCUT2D eigenvalue weighted by atomic mass is 79.9. The summed E-state index contributed by atoms with van der Waals surface area (Å²) in [5, 5.41) is 0. The Labute approximate surface area is 97.8 Å². The largest absolute Gasteiger partial charge is 0.451 e. The number of hydrogen-bond donors (Lipinski definition) is 1. The third kappa shape index (κ3) is 6.28. The lowest BCUT2D eigenvalue weighted by atomic mass is 10.4. The monoisotopic (exact) mass is 328 g/mol. The molecule has 0 aromatic heterocycles. The van der Waals surface area contributed by atoms with Crippen LogP contribution in [0.4, 0.5) is 13.2 Å². The second kappa shape index (κ2) is 5.32. The average molecular weight is 329 g/mol. The van der Waals surface area contributed by atoms with Crippen molar-refractivity contribution in [2.75, 3.05) is 5.75 Å². The van der Waals surface area contributed by atoms with E-state index in [1.807, 2.05) is 0 Å². The Bertz CT molecular complexity index is 350. The third-order valence-electron chi connectivity index (χ3n) is 1.31. The van der Waals surface area contributed by atoms with Crippen LogP contribution in [-0.2, 0) is 19.6 Å². The van der Waals surface area contributed by atoms with Crippen molar-refractivity contribution in [3.8, 4) is 0 Å². The third-order valence-corrected chi connectivity index (χ3v) is 2.41. The normalized spacial score (nSPS) is 16.6. The zero-order valence-electron chi connectivity index (χ0n) is 7.86. The highest BCUT2D eigenvalue weighted by Crippen LogP contribution is 2.24. The van der Waals surface area contributed by atoms with Crippen LogP contribution in [0.25, 0.3) is 0 Å². The van der Waals surface area contributed by atoms with E-state index in [1.165, 1.54) is 6.92 Å². The van der Waals surface area contributed by atoms with Crippen molar-refractivity contribution >= 4 is 32.0 Å². The molecule has 0 fully saturated rings. The second-order valence-corrected chi connectivity index (χ2v) is 5.70. The maximum Gasteiger partial charge on any atom is 0.426 e. The van der Waals surface area contributed by atoms with E-state index < -0.39 is 38.9 Å².